The summed E-state index contributed by atoms with van der Waals surface area (Å²) in [6.07, 6.45) is 1.49. The molecule has 0 spiro atoms. The number of carbonyl (C=O) groups is 2. The quantitative estimate of drug-likeness (QED) is 0.483. The molecule has 82 valence electrons. The van der Waals surface area contributed by atoms with Crippen LogP contribution in [0.25, 0.3) is 0 Å². The van der Waals surface area contributed by atoms with Gasteiger partial charge in [-0.25, -0.2) is 0 Å². The first-order valence-corrected chi connectivity index (χ1v) is 4.86. The van der Waals surface area contributed by atoms with Crippen molar-refractivity contribution in [3.8, 4) is 0 Å². The number of hydrogen-bond donors (Lipinski definition) is 3. The zero-order valence-corrected chi connectivity index (χ0v) is 8.51. The third-order valence-electron chi connectivity index (χ3n) is 1.68. The van der Waals surface area contributed by atoms with Crippen LogP contribution < -0.4 is 10.6 Å². The van der Waals surface area contributed by atoms with Gasteiger partial charge in [-0.1, -0.05) is 6.92 Å². The van der Waals surface area contributed by atoms with Crippen LogP contribution in [0.2, 0.25) is 0 Å². The van der Waals surface area contributed by atoms with Gasteiger partial charge in [0.2, 0.25) is 5.91 Å². The molecule has 0 aromatic heterocycles. The Morgan fingerprint density at radius 3 is 2.57 bits per heavy atom. The summed E-state index contributed by atoms with van der Waals surface area (Å²) in [5.74, 6) is -0.828. The minimum absolute atomic E-state index is 0.0397. The number of aliphatic carboxylic acids is 1. The molecular weight excluding hydrogens is 184 g/mol. The number of carbonyl (C=O) groups excluding carboxylic acids is 1. The molecule has 1 amide bonds. The van der Waals surface area contributed by atoms with E-state index in [0.717, 1.165) is 6.54 Å². The first-order chi connectivity index (χ1) is 6.66. The molecule has 3 N–H and O–H groups in total. The minimum Gasteiger partial charge on any atom is -0.481 e. The topological polar surface area (TPSA) is 78.4 Å². The minimum atomic E-state index is -0.788. The fraction of sp³-hybridized carbons (Fsp3) is 0.778. The van der Waals surface area contributed by atoms with Crippen molar-refractivity contribution in [2.24, 2.45) is 0 Å². The monoisotopic (exact) mass is 202 g/mol. The first-order valence-electron chi connectivity index (χ1n) is 4.86. The number of likely N-dealkylation sites (N-methyl/N-ethyl adjacent to an activating group) is 1. The standard InChI is InChI=1S/C9H18N2O3/c1-2-10-7-8(12)11-6-4-3-5-9(13)14/h10H,2-7H2,1H3,(H,11,12)(H,13,14). The van der Waals surface area contributed by atoms with Crippen molar-refractivity contribution < 1.29 is 14.7 Å². The van der Waals surface area contributed by atoms with Crippen LogP contribution in [-0.2, 0) is 9.59 Å². The van der Waals surface area contributed by atoms with E-state index in [2.05, 4.69) is 10.6 Å². The maximum Gasteiger partial charge on any atom is 0.303 e. The Morgan fingerprint density at radius 2 is 2.00 bits per heavy atom. The maximum absolute atomic E-state index is 11.0. The summed E-state index contributed by atoms with van der Waals surface area (Å²) in [6, 6.07) is 0. The van der Waals surface area contributed by atoms with Crippen molar-refractivity contribution in [3.05, 3.63) is 0 Å². The SMILES string of the molecule is CCNCC(=O)NCCCCC(=O)O. The molecule has 0 aromatic carbocycles. The molecular formula is C9H18N2O3. The van der Waals surface area contributed by atoms with Gasteiger partial charge in [0.15, 0.2) is 0 Å². The lowest BCUT2D eigenvalue weighted by molar-refractivity contribution is -0.137. The van der Waals surface area contributed by atoms with Crippen LogP contribution in [-0.4, -0.2) is 36.6 Å². The van der Waals surface area contributed by atoms with E-state index in [1.54, 1.807) is 0 Å². The molecule has 0 radical (unpaired) electrons. The van der Waals surface area contributed by atoms with Crippen LogP contribution >= 0.6 is 0 Å². The molecule has 0 rings (SSSR count). The number of amides is 1. The van der Waals surface area contributed by atoms with E-state index in [-0.39, 0.29) is 12.3 Å². The van der Waals surface area contributed by atoms with Crippen LogP contribution in [0.3, 0.4) is 0 Å². The van der Waals surface area contributed by atoms with Crippen molar-refractivity contribution in [1.82, 2.24) is 10.6 Å². The van der Waals surface area contributed by atoms with Crippen LogP contribution in [0, 0.1) is 0 Å². The number of nitrogens with one attached hydrogen (secondary N) is 2. The molecule has 14 heavy (non-hydrogen) atoms. The van der Waals surface area contributed by atoms with Gasteiger partial charge >= 0.3 is 5.97 Å². The summed E-state index contributed by atoms with van der Waals surface area (Å²) in [5.41, 5.74) is 0. The summed E-state index contributed by atoms with van der Waals surface area (Å²) in [7, 11) is 0. The van der Waals surface area contributed by atoms with Gasteiger partial charge in [0.05, 0.1) is 6.54 Å². The number of unbranched alkanes of at least 4 members (excludes halogenated alkanes) is 1. The lowest BCUT2D eigenvalue weighted by Gasteiger charge is -2.04. The van der Waals surface area contributed by atoms with Gasteiger partial charge < -0.3 is 15.7 Å². The van der Waals surface area contributed by atoms with E-state index >= 15 is 0 Å². The summed E-state index contributed by atoms with van der Waals surface area (Å²) in [6.45, 7) is 3.58. The number of carboxylic acids is 1. The summed E-state index contributed by atoms with van der Waals surface area (Å²) in [5, 5.41) is 13.9. The average Bonchev–Trinajstić information content (AvgIpc) is 2.13. The van der Waals surface area contributed by atoms with Crippen molar-refractivity contribution in [3.63, 3.8) is 0 Å². The fourth-order valence-corrected chi connectivity index (χ4v) is 0.930. The number of carboxylic acid groups (broad SMARTS) is 1. The van der Waals surface area contributed by atoms with Crippen molar-refractivity contribution in [2.45, 2.75) is 26.2 Å². The molecule has 0 heterocycles. The van der Waals surface area contributed by atoms with Crippen LogP contribution in [0.5, 0.6) is 0 Å². The molecule has 0 aliphatic heterocycles. The highest BCUT2D eigenvalue weighted by Gasteiger charge is 1.99. The molecule has 0 fully saturated rings. The van der Waals surface area contributed by atoms with E-state index in [0.29, 0.717) is 25.9 Å². The zero-order chi connectivity index (χ0) is 10.8. The molecule has 0 saturated heterocycles. The molecule has 0 atom stereocenters. The second kappa shape index (κ2) is 8.50. The maximum atomic E-state index is 11.0. The Balaban J connectivity index is 3.19. The van der Waals surface area contributed by atoms with Crippen LogP contribution in [0.1, 0.15) is 26.2 Å². The normalized spacial score (nSPS) is 9.79. The third-order valence-corrected chi connectivity index (χ3v) is 1.68. The summed E-state index contributed by atoms with van der Waals surface area (Å²) >= 11 is 0. The Bertz CT molecular complexity index is 183. The van der Waals surface area contributed by atoms with Crippen LogP contribution in [0.15, 0.2) is 0 Å². The zero-order valence-electron chi connectivity index (χ0n) is 8.51. The largest absolute Gasteiger partial charge is 0.481 e. The molecule has 0 bridgehead atoms. The van der Waals surface area contributed by atoms with Crippen molar-refractivity contribution in [2.75, 3.05) is 19.6 Å². The molecule has 0 aliphatic carbocycles. The predicted molar refractivity (Wildman–Crippen MR) is 53.0 cm³/mol. The van der Waals surface area contributed by atoms with Gasteiger partial charge in [0.1, 0.15) is 0 Å². The molecule has 0 aromatic rings. The molecule has 5 heteroatoms. The Kier molecular flexibility index (Phi) is 7.83. The van der Waals surface area contributed by atoms with Gasteiger partial charge in [-0.2, -0.15) is 0 Å². The van der Waals surface area contributed by atoms with Gasteiger partial charge in [0, 0.05) is 13.0 Å². The molecule has 0 saturated carbocycles. The first kappa shape index (κ1) is 12.9. The summed E-state index contributed by atoms with van der Waals surface area (Å²) in [4.78, 5) is 21.1. The van der Waals surface area contributed by atoms with E-state index in [1.165, 1.54) is 0 Å². The van der Waals surface area contributed by atoms with Gasteiger partial charge in [-0.05, 0) is 19.4 Å². The van der Waals surface area contributed by atoms with E-state index in [9.17, 15) is 9.59 Å². The van der Waals surface area contributed by atoms with Gasteiger partial charge in [-0.15, -0.1) is 0 Å². The predicted octanol–water partition coefficient (Wildman–Crippen LogP) is -0.0330. The van der Waals surface area contributed by atoms with Gasteiger partial charge in [0.25, 0.3) is 0 Å². The van der Waals surface area contributed by atoms with Crippen LogP contribution in [0.4, 0.5) is 0 Å². The highest BCUT2D eigenvalue weighted by atomic mass is 16.4. The van der Waals surface area contributed by atoms with Crippen molar-refractivity contribution >= 4 is 11.9 Å². The van der Waals surface area contributed by atoms with E-state index in [1.807, 2.05) is 6.92 Å². The van der Waals surface area contributed by atoms with Gasteiger partial charge in [-0.3, -0.25) is 9.59 Å². The Labute approximate surface area is 83.9 Å². The number of rotatable bonds is 8. The lowest BCUT2D eigenvalue weighted by Crippen LogP contribution is -2.34. The second-order valence-corrected chi connectivity index (χ2v) is 2.98. The Morgan fingerprint density at radius 1 is 1.29 bits per heavy atom. The average molecular weight is 202 g/mol. The molecule has 0 aliphatic rings. The van der Waals surface area contributed by atoms with E-state index < -0.39 is 5.97 Å². The smallest absolute Gasteiger partial charge is 0.303 e. The summed E-state index contributed by atoms with van der Waals surface area (Å²) < 4.78 is 0. The Hall–Kier alpha value is -1.10. The fourth-order valence-electron chi connectivity index (χ4n) is 0.930. The highest BCUT2D eigenvalue weighted by Crippen LogP contribution is 1.92. The number of hydrogen-bond acceptors (Lipinski definition) is 3. The van der Waals surface area contributed by atoms with Crippen molar-refractivity contribution in [1.29, 1.82) is 0 Å². The lowest BCUT2D eigenvalue weighted by atomic mass is 10.2. The third kappa shape index (κ3) is 8.99. The molecule has 5 nitrogen and oxygen atoms in total. The molecule has 0 unspecified atom stereocenters. The highest BCUT2D eigenvalue weighted by molar-refractivity contribution is 5.77. The van der Waals surface area contributed by atoms with E-state index in [4.69, 9.17) is 5.11 Å². The second-order valence-electron chi connectivity index (χ2n) is 2.98.